The van der Waals surface area contributed by atoms with Crippen LogP contribution in [0.4, 0.5) is 5.69 Å². The average molecular weight is 486 g/mol. The van der Waals surface area contributed by atoms with Crippen LogP contribution in [0, 0.1) is 0 Å². The van der Waals surface area contributed by atoms with Crippen LogP contribution in [-0.4, -0.2) is 41.6 Å². The largest absolute Gasteiger partial charge is 0.496 e. The number of halogens is 1. The monoisotopic (exact) mass is 485 g/mol. The molecule has 1 fully saturated rings. The number of carbonyl (C=O) groups excluding carboxylic acids is 2. The zero-order valence-corrected chi connectivity index (χ0v) is 19.0. The average Bonchev–Trinajstić information content (AvgIpc) is 3.19. The van der Waals surface area contributed by atoms with Crippen molar-refractivity contribution in [1.82, 2.24) is 15.6 Å². The van der Waals surface area contributed by atoms with Gasteiger partial charge in [-0.1, -0.05) is 11.6 Å². The number of ether oxygens (including phenoxy) is 2. The van der Waals surface area contributed by atoms with Crippen LogP contribution in [0.1, 0.15) is 16.8 Å². The molecular formula is C22H20ClN5O4S. The molecule has 0 aliphatic carbocycles. The molecule has 2 aromatic carbocycles. The third kappa shape index (κ3) is 4.91. The van der Waals surface area contributed by atoms with Crippen molar-refractivity contribution in [3.8, 4) is 17.2 Å². The maximum absolute atomic E-state index is 11.8. The normalized spacial score (nSPS) is 15.1. The number of pyridine rings is 1. The number of hydrogen-bond acceptors (Lipinski definition) is 6. The summed E-state index contributed by atoms with van der Waals surface area (Å²) >= 11 is 11.7. The molecule has 170 valence electrons. The van der Waals surface area contributed by atoms with Crippen LogP contribution in [0.5, 0.6) is 17.2 Å². The highest BCUT2D eigenvalue weighted by molar-refractivity contribution is 7.80. The van der Waals surface area contributed by atoms with Crippen molar-refractivity contribution in [2.75, 3.05) is 19.0 Å². The standard InChI is InChI=1S/C22H20ClN5O4S/c1-31-19-10-17-12(9-13(19)20(24)29)18(5-7-25-17)32-11-2-3-15(14(23)8-11)27-22(33)28-16-4-6-26-21(16)30/h2-3,5,7-10,16H,4,6H2,1H3,(H2,24,29)(H,26,30)(H2,27,28,33). The van der Waals surface area contributed by atoms with Gasteiger partial charge in [-0.05, 0) is 42.9 Å². The minimum atomic E-state index is -0.623. The van der Waals surface area contributed by atoms with Crippen LogP contribution in [0.3, 0.4) is 0 Å². The fraction of sp³-hybridized carbons (Fsp3) is 0.182. The second-order valence-corrected chi connectivity index (χ2v) is 8.03. The Morgan fingerprint density at radius 3 is 2.76 bits per heavy atom. The van der Waals surface area contributed by atoms with Crippen LogP contribution in [-0.2, 0) is 4.79 Å². The van der Waals surface area contributed by atoms with E-state index in [1.54, 1.807) is 42.6 Å². The van der Waals surface area contributed by atoms with Gasteiger partial charge in [-0.25, -0.2) is 0 Å². The summed E-state index contributed by atoms with van der Waals surface area (Å²) in [6.07, 6.45) is 2.24. The van der Waals surface area contributed by atoms with Gasteiger partial charge in [0.1, 0.15) is 23.3 Å². The van der Waals surface area contributed by atoms with Gasteiger partial charge in [0, 0.05) is 30.3 Å². The van der Waals surface area contributed by atoms with Gasteiger partial charge in [0.15, 0.2) is 5.11 Å². The van der Waals surface area contributed by atoms with Gasteiger partial charge in [0.2, 0.25) is 5.91 Å². The lowest BCUT2D eigenvalue weighted by atomic mass is 10.1. The Morgan fingerprint density at radius 1 is 1.27 bits per heavy atom. The lowest BCUT2D eigenvalue weighted by molar-refractivity contribution is -0.120. The van der Waals surface area contributed by atoms with Crippen LogP contribution in [0.15, 0.2) is 42.6 Å². The molecule has 1 unspecified atom stereocenters. The lowest BCUT2D eigenvalue weighted by Crippen LogP contribution is -2.42. The molecule has 1 atom stereocenters. The Kier molecular flexibility index (Phi) is 6.47. The topological polar surface area (TPSA) is 128 Å². The molecule has 2 heterocycles. The van der Waals surface area contributed by atoms with Crippen molar-refractivity contribution in [3.63, 3.8) is 0 Å². The zero-order valence-electron chi connectivity index (χ0n) is 17.5. The summed E-state index contributed by atoms with van der Waals surface area (Å²) in [5.41, 5.74) is 6.83. The lowest BCUT2D eigenvalue weighted by Gasteiger charge is -2.16. The fourth-order valence-electron chi connectivity index (χ4n) is 3.43. The number of anilines is 1. The van der Waals surface area contributed by atoms with Crippen molar-refractivity contribution in [2.45, 2.75) is 12.5 Å². The molecule has 0 saturated carbocycles. The SMILES string of the molecule is COc1cc2nccc(Oc3ccc(NC(=S)NC4CCNC4=O)c(Cl)c3)c2cc1C(N)=O. The van der Waals surface area contributed by atoms with E-state index in [4.69, 9.17) is 39.0 Å². The Labute approximate surface area is 199 Å². The number of hydrogen-bond donors (Lipinski definition) is 4. The smallest absolute Gasteiger partial charge is 0.252 e. The molecule has 1 saturated heterocycles. The molecule has 3 aromatic rings. The van der Waals surface area contributed by atoms with E-state index < -0.39 is 5.91 Å². The number of thiocarbonyl (C=S) groups is 1. The van der Waals surface area contributed by atoms with Gasteiger partial charge >= 0.3 is 0 Å². The van der Waals surface area contributed by atoms with Crippen LogP contribution >= 0.6 is 23.8 Å². The van der Waals surface area contributed by atoms with E-state index in [2.05, 4.69) is 20.9 Å². The first-order valence-corrected chi connectivity index (χ1v) is 10.7. The molecule has 4 rings (SSSR count). The van der Waals surface area contributed by atoms with Gasteiger partial charge in [-0.15, -0.1) is 0 Å². The Hall–Kier alpha value is -3.63. The zero-order chi connectivity index (χ0) is 23.5. The summed E-state index contributed by atoms with van der Waals surface area (Å²) < 4.78 is 11.3. The minimum absolute atomic E-state index is 0.0873. The Bertz CT molecular complexity index is 1270. The Balaban J connectivity index is 1.54. The number of primary amides is 1. The summed E-state index contributed by atoms with van der Waals surface area (Å²) in [6.45, 7) is 0.614. The number of nitrogens with zero attached hydrogens (tertiary/aromatic N) is 1. The number of methoxy groups -OCH3 is 1. The summed E-state index contributed by atoms with van der Waals surface area (Å²) in [5, 5.41) is 9.94. The first-order chi connectivity index (χ1) is 15.9. The first-order valence-electron chi connectivity index (χ1n) is 9.95. The van der Waals surface area contributed by atoms with E-state index >= 15 is 0 Å². The number of aromatic nitrogens is 1. The van der Waals surface area contributed by atoms with Crippen molar-refractivity contribution in [1.29, 1.82) is 0 Å². The van der Waals surface area contributed by atoms with E-state index in [0.29, 0.717) is 56.9 Å². The van der Waals surface area contributed by atoms with Crippen LogP contribution in [0.25, 0.3) is 10.9 Å². The van der Waals surface area contributed by atoms with Gasteiger partial charge < -0.3 is 31.2 Å². The molecular weight excluding hydrogens is 466 g/mol. The van der Waals surface area contributed by atoms with E-state index in [1.807, 2.05) is 0 Å². The number of fused-ring (bicyclic) bond motifs is 1. The number of carbonyl (C=O) groups is 2. The number of benzene rings is 2. The van der Waals surface area contributed by atoms with Gasteiger partial charge in [0.05, 0.1) is 28.9 Å². The van der Waals surface area contributed by atoms with E-state index in [9.17, 15) is 9.59 Å². The number of amides is 2. The summed E-state index contributed by atoms with van der Waals surface area (Å²) in [5.74, 6) is 0.546. The molecule has 0 radical (unpaired) electrons. The highest BCUT2D eigenvalue weighted by Gasteiger charge is 2.24. The van der Waals surface area contributed by atoms with Crippen molar-refractivity contribution in [3.05, 3.63) is 53.2 Å². The van der Waals surface area contributed by atoms with E-state index in [-0.39, 0.29) is 17.5 Å². The van der Waals surface area contributed by atoms with Crippen LogP contribution in [0.2, 0.25) is 5.02 Å². The molecule has 0 bridgehead atoms. The number of nitrogens with one attached hydrogen (secondary N) is 3. The maximum Gasteiger partial charge on any atom is 0.252 e. The second kappa shape index (κ2) is 9.47. The van der Waals surface area contributed by atoms with Crippen molar-refractivity contribution in [2.24, 2.45) is 5.73 Å². The molecule has 1 aliphatic heterocycles. The van der Waals surface area contributed by atoms with Crippen molar-refractivity contribution >= 4 is 57.3 Å². The molecule has 33 heavy (non-hydrogen) atoms. The molecule has 5 N–H and O–H groups in total. The highest BCUT2D eigenvalue weighted by atomic mass is 35.5. The molecule has 0 spiro atoms. The molecule has 11 heteroatoms. The van der Waals surface area contributed by atoms with Gasteiger partial charge in [-0.2, -0.15) is 0 Å². The van der Waals surface area contributed by atoms with E-state index in [0.717, 1.165) is 0 Å². The van der Waals surface area contributed by atoms with E-state index in [1.165, 1.54) is 7.11 Å². The first kappa shape index (κ1) is 22.6. The van der Waals surface area contributed by atoms with Gasteiger partial charge in [0.25, 0.3) is 5.91 Å². The predicted octanol–water partition coefficient (Wildman–Crippen LogP) is 2.96. The number of rotatable bonds is 6. The molecule has 9 nitrogen and oxygen atoms in total. The molecule has 1 aromatic heterocycles. The van der Waals surface area contributed by atoms with Crippen molar-refractivity contribution < 1.29 is 19.1 Å². The van der Waals surface area contributed by atoms with Crippen LogP contribution < -0.4 is 31.2 Å². The number of nitrogens with two attached hydrogens (primary N) is 1. The molecule has 1 aliphatic rings. The van der Waals surface area contributed by atoms with Gasteiger partial charge in [-0.3, -0.25) is 14.6 Å². The second-order valence-electron chi connectivity index (χ2n) is 7.22. The Morgan fingerprint density at radius 2 is 2.09 bits per heavy atom. The summed E-state index contributed by atoms with van der Waals surface area (Å²) in [7, 11) is 1.45. The molecule has 2 amide bonds. The predicted molar refractivity (Wildman–Crippen MR) is 129 cm³/mol. The third-order valence-electron chi connectivity index (χ3n) is 5.06. The summed E-state index contributed by atoms with van der Waals surface area (Å²) in [4.78, 5) is 27.8. The minimum Gasteiger partial charge on any atom is -0.496 e. The fourth-order valence-corrected chi connectivity index (χ4v) is 3.90. The maximum atomic E-state index is 11.8. The quantitative estimate of drug-likeness (QED) is 0.392. The highest BCUT2D eigenvalue weighted by Crippen LogP contribution is 2.35. The summed E-state index contributed by atoms with van der Waals surface area (Å²) in [6, 6.07) is 9.56. The third-order valence-corrected chi connectivity index (χ3v) is 5.59.